The van der Waals surface area contributed by atoms with E-state index >= 15 is 0 Å². The van der Waals surface area contributed by atoms with Crippen molar-refractivity contribution in [2.45, 2.75) is 12.5 Å². The Kier molecular flexibility index (Phi) is 5.05. The highest BCUT2D eigenvalue weighted by Gasteiger charge is 2.16. The molecule has 5 heteroatoms. The van der Waals surface area contributed by atoms with Crippen LogP contribution in [-0.2, 0) is 0 Å². The predicted octanol–water partition coefficient (Wildman–Crippen LogP) is 1.82. The maximum Gasteiger partial charge on any atom is 0.231 e. The molecule has 0 fully saturated rings. The van der Waals surface area contributed by atoms with E-state index < -0.39 is 6.10 Å². The normalized spacial score (nSPS) is 14.6. The second kappa shape index (κ2) is 6.10. The molecule has 1 heterocycles. The predicted molar refractivity (Wildman–Crippen MR) is 67.9 cm³/mol. The Hall–Kier alpha value is -0.970. The average Bonchev–Trinajstić information content (AvgIpc) is 2.72. The first-order valence-corrected chi connectivity index (χ1v) is 5.39. The van der Waals surface area contributed by atoms with Crippen molar-refractivity contribution in [1.82, 2.24) is 4.90 Å². The first-order valence-electron chi connectivity index (χ1n) is 5.39. The molecule has 1 aliphatic rings. The van der Waals surface area contributed by atoms with E-state index in [4.69, 9.17) is 9.47 Å². The van der Waals surface area contributed by atoms with Crippen LogP contribution < -0.4 is 9.47 Å². The monoisotopic (exact) mass is 259 g/mol. The molecule has 0 bridgehead atoms. The number of hydrogen-bond donors (Lipinski definition) is 1. The van der Waals surface area contributed by atoms with E-state index in [0.717, 1.165) is 23.6 Å². The third-order valence-corrected chi connectivity index (χ3v) is 2.63. The molecule has 0 spiro atoms. The zero-order valence-electron chi connectivity index (χ0n) is 10.0. The van der Waals surface area contributed by atoms with Gasteiger partial charge >= 0.3 is 0 Å². The summed E-state index contributed by atoms with van der Waals surface area (Å²) in [5, 5.41) is 9.98. The third-order valence-electron chi connectivity index (χ3n) is 2.63. The SMILES string of the molecule is CN(C)CCC(O)c1ccc2c(c1)OCO2.Cl. The number of hydrogen-bond acceptors (Lipinski definition) is 4. The van der Waals surface area contributed by atoms with Crippen LogP contribution in [0.5, 0.6) is 11.5 Å². The minimum absolute atomic E-state index is 0. The van der Waals surface area contributed by atoms with Crippen LogP contribution in [0.15, 0.2) is 18.2 Å². The molecule has 2 rings (SSSR count). The van der Waals surface area contributed by atoms with Gasteiger partial charge in [-0.2, -0.15) is 0 Å². The van der Waals surface area contributed by atoms with Crippen molar-refractivity contribution in [3.05, 3.63) is 23.8 Å². The van der Waals surface area contributed by atoms with Crippen molar-refractivity contribution in [2.24, 2.45) is 0 Å². The molecule has 0 aromatic heterocycles. The minimum atomic E-state index is -0.447. The van der Waals surface area contributed by atoms with Crippen LogP contribution >= 0.6 is 12.4 Å². The molecule has 0 radical (unpaired) electrons. The second-order valence-corrected chi connectivity index (χ2v) is 4.22. The van der Waals surface area contributed by atoms with Crippen molar-refractivity contribution in [3.63, 3.8) is 0 Å². The largest absolute Gasteiger partial charge is 0.454 e. The summed E-state index contributed by atoms with van der Waals surface area (Å²) in [6.45, 7) is 1.13. The van der Waals surface area contributed by atoms with Gasteiger partial charge in [-0.3, -0.25) is 0 Å². The number of rotatable bonds is 4. The number of aliphatic hydroxyl groups excluding tert-OH is 1. The van der Waals surface area contributed by atoms with Gasteiger partial charge in [0.15, 0.2) is 11.5 Å². The Morgan fingerprint density at radius 3 is 2.71 bits per heavy atom. The fourth-order valence-corrected chi connectivity index (χ4v) is 1.67. The molecule has 0 saturated heterocycles. The van der Waals surface area contributed by atoms with Crippen LogP contribution in [0.1, 0.15) is 18.1 Å². The summed E-state index contributed by atoms with van der Waals surface area (Å²) in [7, 11) is 3.98. The molecule has 4 nitrogen and oxygen atoms in total. The van der Waals surface area contributed by atoms with Crippen molar-refractivity contribution >= 4 is 12.4 Å². The van der Waals surface area contributed by atoms with Crippen LogP contribution in [0, 0.1) is 0 Å². The van der Waals surface area contributed by atoms with Gasteiger partial charge in [-0.1, -0.05) is 6.07 Å². The van der Waals surface area contributed by atoms with Crippen molar-refractivity contribution in [3.8, 4) is 11.5 Å². The van der Waals surface area contributed by atoms with E-state index in [1.165, 1.54) is 0 Å². The lowest BCUT2D eigenvalue weighted by molar-refractivity contribution is 0.153. The topological polar surface area (TPSA) is 41.9 Å². The molecular weight excluding hydrogens is 242 g/mol. The Morgan fingerprint density at radius 2 is 2.00 bits per heavy atom. The summed E-state index contributed by atoms with van der Waals surface area (Å²) < 4.78 is 10.5. The highest BCUT2D eigenvalue weighted by atomic mass is 35.5. The molecule has 0 saturated carbocycles. The third kappa shape index (κ3) is 3.49. The quantitative estimate of drug-likeness (QED) is 0.896. The molecule has 17 heavy (non-hydrogen) atoms. The fraction of sp³-hybridized carbons (Fsp3) is 0.500. The van der Waals surface area contributed by atoms with Gasteiger partial charge in [-0.05, 0) is 38.2 Å². The van der Waals surface area contributed by atoms with E-state index in [-0.39, 0.29) is 19.2 Å². The summed E-state index contributed by atoms with van der Waals surface area (Å²) in [4.78, 5) is 2.05. The number of benzene rings is 1. The number of nitrogens with zero attached hydrogens (tertiary/aromatic N) is 1. The van der Waals surface area contributed by atoms with Gasteiger partial charge < -0.3 is 19.5 Å². The fourth-order valence-electron chi connectivity index (χ4n) is 1.67. The lowest BCUT2D eigenvalue weighted by Gasteiger charge is -2.14. The van der Waals surface area contributed by atoms with Crippen LogP contribution in [0.4, 0.5) is 0 Å². The number of ether oxygens (including phenoxy) is 2. The molecule has 1 atom stereocenters. The second-order valence-electron chi connectivity index (χ2n) is 4.22. The average molecular weight is 260 g/mol. The van der Waals surface area contributed by atoms with Crippen molar-refractivity contribution < 1.29 is 14.6 Å². The van der Waals surface area contributed by atoms with E-state index in [1.807, 2.05) is 32.3 Å². The van der Waals surface area contributed by atoms with Crippen molar-refractivity contribution in [1.29, 1.82) is 0 Å². The van der Waals surface area contributed by atoms with Crippen molar-refractivity contribution in [2.75, 3.05) is 27.4 Å². The van der Waals surface area contributed by atoms with Gasteiger partial charge in [-0.15, -0.1) is 12.4 Å². The summed E-state index contributed by atoms with van der Waals surface area (Å²) >= 11 is 0. The standard InChI is InChI=1S/C12H17NO3.ClH/c1-13(2)6-5-10(14)9-3-4-11-12(7-9)16-8-15-11;/h3-4,7,10,14H,5-6,8H2,1-2H3;1H. The molecule has 1 aliphatic heterocycles. The van der Waals surface area contributed by atoms with Crippen LogP contribution in [0.3, 0.4) is 0 Å². The number of aliphatic hydroxyl groups is 1. The first-order chi connectivity index (χ1) is 7.66. The van der Waals surface area contributed by atoms with Crippen LogP contribution in [0.25, 0.3) is 0 Å². The molecule has 1 unspecified atom stereocenters. The molecule has 1 aromatic carbocycles. The molecule has 0 aliphatic carbocycles. The van der Waals surface area contributed by atoms with Gasteiger partial charge in [0.25, 0.3) is 0 Å². The van der Waals surface area contributed by atoms with Gasteiger partial charge in [0.05, 0.1) is 6.10 Å². The van der Waals surface area contributed by atoms with E-state index in [0.29, 0.717) is 6.42 Å². The number of fused-ring (bicyclic) bond motifs is 1. The van der Waals surface area contributed by atoms with Gasteiger partial charge in [-0.25, -0.2) is 0 Å². The Labute approximate surface area is 108 Å². The van der Waals surface area contributed by atoms with Gasteiger partial charge in [0, 0.05) is 6.54 Å². The molecule has 1 aromatic rings. The zero-order chi connectivity index (χ0) is 11.5. The van der Waals surface area contributed by atoms with Gasteiger partial charge in [0.1, 0.15) is 0 Å². The highest BCUT2D eigenvalue weighted by Crippen LogP contribution is 2.34. The maximum atomic E-state index is 9.98. The smallest absolute Gasteiger partial charge is 0.231 e. The molecule has 1 N–H and O–H groups in total. The highest BCUT2D eigenvalue weighted by molar-refractivity contribution is 5.85. The summed E-state index contributed by atoms with van der Waals surface area (Å²) in [5.74, 6) is 1.48. The van der Waals surface area contributed by atoms with Crippen LogP contribution in [-0.4, -0.2) is 37.4 Å². The Bertz CT molecular complexity index is 371. The lowest BCUT2D eigenvalue weighted by atomic mass is 10.1. The van der Waals surface area contributed by atoms with Crippen LogP contribution in [0.2, 0.25) is 0 Å². The Balaban J connectivity index is 0.00000144. The van der Waals surface area contributed by atoms with E-state index in [2.05, 4.69) is 4.90 Å². The summed E-state index contributed by atoms with van der Waals surface area (Å²) in [6, 6.07) is 5.58. The van der Waals surface area contributed by atoms with E-state index in [9.17, 15) is 5.11 Å². The summed E-state index contributed by atoms with van der Waals surface area (Å²) in [6.07, 6.45) is 0.268. The van der Waals surface area contributed by atoms with Gasteiger partial charge in [0.2, 0.25) is 6.79 Å². The maximum absolute atomic E-state index is 9.98. The summed E-state index contributed by atoms with van der Waals surface area (Å²) in [5.41, 5.74) is 0.881. The zero-order valence-corrected chi connectivity index (χ0v) is 10.9. The van der Waals surface area contributed by atoms with E-state index in [1.54, 1.807) is 0 Å². The Morgan fingerprint density at radius 1 is 1.29 bits per heavy atom. The minimum Gasteiger partial charge on any atom is -0.454 e. The molecular formula is C12H18ClNO3. The molecule has 0 amide bonds. The lowest BCUT2D eigenvalue weighted by Crippen LogP contribution is -2.15. The molecule has 96 valence electrons. The number of halogens is 1. The first kappa shape index (κ1) is 14.1.